The Morgan fingerprint density at radius 2 is 1.64 bits per heavy atom. The van der Waals surface area contributed by atoms with Gasteiger partial charge in [-0.25, -0.2) is 8.42 Å². The first-order valence-electron chi connectivity index (χ1n) is 8.44. The number of alkyl halides is 3. The van der Waals surface area contributed by atoms with Crippen LogP contribution in [0.25, 0.3) is 0 Å². The largest absolute Gasteiger partial charge is 0.418 e. The van der Waals surface area contributed by atoms with E-state index in [0.29, 0.717) is 11.3 Å². The van der Waals surface area contributed by atoms with Crippen molar-refractivity contribution in [3.63, 3.8) is 0 Å². The van der Waals surface area contributed by atoms with Crippen molar-refractivity contribution in [3.8, 4) is 0 Å². The van der Waals surface area contributed by atoms with Crippen LogP contribution in [0.2, 0.25) is 0 Å². The van der Waals surface area contributed by atoms with Gasteiger partial charge < -0.3 is 5.32 Å². The number of rotatable bonds is 6. The van der Waals surface area contributed by atoms with Crippen molar-refractivity contribution in [2.24, 2.45) is 0 Å². The summed E-state index contributed by atoms with van der Waals surface area (Å²) in [6.45, 7) is 3.10. The van der Waals surface area contributed by atoms with Crippen molar-refractivity contribution in [2.45, 2.75) is 25.9 Å². The van der Waals surface area contributed by atoms with Crippen molar-refractivity contribution in [2.75, 3.05) is 22.4 Å². The maximum Gasteiger partial charge on any atom is 0.418 e. The zero-order valence-corrected chi connectivity index (χ0v) is 16.4. The molecule has 0 saturated heterocycles. The summed E-state index contributed by atoms with van der Waals surface area (Å²) in [5.74, 6) is -0.893. The Balaban J connectivity index is 2.35. The topological polar surface area (TPSA) is 66.5 Å². The lowest BCUT2D eigenvalue weighted by Gasteiger charge is -2.26. The first kappa shape index (κ1) is 21.7. The molecule has 0 aromatic heterocycles. The fraction of sp³-hybridized carbons (Fsp3) is 0.316. The third kappa shape index (κ3) is 5.25. The molecule has 2 aromatic carbocycles. The molecule has 9 heteroatoms. The zero-order chi connectivity index (χ0) is 21.1. The molecule has 1 amide bonds. The van der Waals surface area contributed by atoms with Gasteiger partial charge in [0.15, 0.2) is 0 Å². The van der Waals surface area contributed by atoms with Crippen LogP contribution in [0.5, 0.6) is 0 Å². The van der Waals surface area contributed by atoms with Crippen LogP contribution < -0.4 is 9.62 Å². The van der Waals surface area contributed by atoms with E-state index in [1.165, 1.54) is 12.1 Å². The second-order valence-electron chi connectivity index (χ2n) is 6.57. The highest BCUT2D eigenvalue weighted by Crippen LogP contribution is 2.34. The van der Waals surface area contributed by atoms with E-state index < -0.39 is 39.9 Å². The van der Waals surface area contributed by atoms with Gasteiger partial charge in [0.1, 0.15) is 6.54 Å². The molecule has 0 aliphatic rings. The molecule has 0 radical (unpaired) electrons. The van der Waals surface area contributed by atoms with Gasteiger partial charge in [-0.05, 0) is 29.7 Å². The molecule has 0 atom stereocenters. The molecule has 0 fully saturated rings. The summed E-state index contributed by atoms with van der Waals surface area (Å²) in [6, 6.07) is 11.2. The molecule has 5 nitrogen and oxygen atoms in total. The van der Waals surface area contributed by atoms with Gasteiger partial charge in [-0.15, -0.1) is 0 Å². The number of hydrogen-bond donors (Lipinski definition) is 1. The highest BCUT2D eigenvalue weighted by Gasteiger charge is 2.34. The van der Waals surface area contributed by atoms with Crippen LogP contribution >= 0.6 is 0 Å². The number of anilines is 2. The van der Waals surface area contributed by atoms with Crippen molar-refractivity contribution in [1.82, 2.24) is 0 Å². The van der Waals surface area contributed by atoms with Crippen molar-refractivity contribution in [3.05, 3.63) is 59.7 Å². The SMILES string of the molecule is CC(C)c1ccccc1N(CC(=O)Nc1ccccc1C(F)(F)F)S(C)(=O)=O. The number of benzene rings is 2. The first-order chi connectivity index (χ1) is 12.9. The summed E-state index contributed by atoms with van der Waals surface area (Å²) in [6.07, 6.45) is -3.70. The van der Waals surface area contributed by atoms with E-state index in [1.807, 2.05) is 13.8 Å². The normalized spacial score (nSPS) is 12.1. The third-order valence-corrected chi connectivity index (χ3v) is 5.15. The van der Waals surface area contributed by atoms with Gasteiger partial charge in [0.25, 0.3) is 0 Å². The highest BCUT2D eigenvalue weighted by atomic mass is 32.2. The summed E-state index contributed by atoms with van der Waals surface area (Å²) >= 11 is 0. The molecule has 0 bridgehead atoms. The molecule has 0 saturated carbocycles. The summed E-state index contributed by atoms with van der Waals surface area (Å²) in [4.78, 5) is 12.4. The molecule has 2 rings (SSSR count). The minimum absolute atomic E-state index is 0.0190. The predicted molar refractivity (Wildman–Crippen MR) is 103 cm³/mol. The number of sulfonamides is 1. The van der Waals surface area contributed by atoms with Gasteiger partial charge in [-0.2, -0.15) is 13.2 Å². The lowest BCUT2D eigenvalue weighted by atomic mass is 10.0. The Bertz CT molecular complexity index is 957. The van der Waals surface area contributed by atoms with Gasteiger partial charge in [-0.3, -0.25) is 9.10 Å². The quantitative estimate of drug-likeness (QED) is 0.769. The lowest BCUT2D eigenvalue weighted by Crippen LogP contribution is -2.38. The molecule has 28 heavy (non-hydrogen) atoms. The van der Waals surface area contributed by atoms with Crippen LogP contribution in [0.1, 0.15) is 30.9 Å². The van der Waals surface area contributed by atoms with E-state index in [-0.39, 0.29) is 5.92 Å². The van der Waals surface area contributed by atoms with E-state index in [2.05, 4.69) is 5.32 Å². The predicted octanol–water partition coefficient (Wildman–Crippen LogP) is 4.23. The highest BCUT2D eigenvalue weighted by molar-refractivity contribution is 7.92. The fourth-order valence-corrected chi connectivity index (χ4v) is 3.62. The van der Waals surface area contributed by atoms with Crippen LogP contribution in [-0.2, 0) is 21.0 Å². The van der Waals surface area contributed by atoms with Gasteiger partial charge in [0, 0.05) is 0 Å². The molecule has 1 N–H and O–H groups in total. The average Bonchev–Trinajstić information content (AvgIpc) is 2.58. The average molecular weight is 414 g/mol. The third-order valence-electron chi connectivity index (χ3n) is 4.02. The molecule has 0 heterocycles. The minimum Gasteiger partial charge on any atom is -0.324 e. The molecule has 0 aliphatic heterocycles. The molecule has 0 spiro atoms. The molecule has 0 aliphatic carbocycles. The van der Waals surface area contributed by atoms with Gasteiger partial charge >= 0.3 is 6.18 Å². The van der Waals surface area contributed by atoms with E-state index in [1.54, 1.807) is 24.3 Å². The number of carbonyl (C=O) groups excluding carboxylic acids is 1. The van der Waals surface area contributed by atoms with E-state index in [9.17, 15) is 26.4 Å². The molecule has 152 valence electrons. The second-order valence-corrected chi connectivity index (χ2v) is 8.48. The minimum atomic E-state index is -4.65. The standard InChI is InChI=1S/C19H21F3N2O3S/c1-13(2)14-8-4-7-11-17(14)24(28(3,26)27)12-18(25)23-16-10-6-5-9-15(16)19(20,21)22/h4-11,13H,12H2,1-3H3,(H,23,25). The Kier molecular flexibility index (Phi) is 6.38. The molecular formula is C19H21F3N2O3S. The van der Waals surface area contributed by atoms with Crippen LogP contribution in [-0.4, -0.2) is 27.1 Å². The number of nitrogens with zero attached hydrogens (tertiary/aromatic N) is 1. The van der Waals surface area contributed by atoms with E-state index >= 15 is 0 Å². The van der Waals surface area contributed by atoms with Crippen LogP contribution in [0.15, 0.2) is 48.5 Å². The van der Waals surface area contributed by atoms with Crippen LogP contribution in [0.3, 0.4) is 0 Å². The number of hydrogen-bond acceptors (Lipinski definition) is 3. The monoisotopic (exact) mass is 414 g/mol. The van der Waals surface area contributed by atoms with Crippen molar-refractivity contribution < 1.29 is 26.4 Å². The maximum absolute atomic E-state index is 13.1. The number of halogens is 3. The summed E-state index contributed by atoms with van der Waals surface area (Å²) < 4.78 is 64.8. The summed E-state index contributed by atoms with van der Waals surface area (Å²) in [7, 11) is -3.85. The lowest BCUT2D eigenvalue weighted by molar-refractivity contribution is -0.137. The molecular weight excluding hydrogens is 393 g/mol. The maximum atomic E-state index is 13.1. The van der Waals surface area contributed by atoms with Crippen molar-refractivity contribution in [1.29, 1.82) is 0 Å². The number of carbonyl (C=O) groups is 1. The van der Waals surface area contributed by atoms with E-state index in [0.717, 1.165) is 22.7 Å². The number of nitrogens with one attached hydrogen (secondary N) is 1. The number of amides is 1. The summed E-state index contributed by atoms with van der Waals surface area (Å²) in [5.41, 5.74) is -0.405. The molecule has 0 unspecified atom stereocenters. The van der Waals surface area contributed by atoms with Gasteiger partial charge in [0.05, 0.1) is 23.2 Å². The van der Waals surface area contributed by atoms with Crippen LogP contribution in [0.4, 0.5) is 24.5 Å². The smallest absolute Gasteiger partial charge is 0.324 e. The zero-order valence-electron chi connectivity index (χ0n) is 15.6. The number of para-hydroxylation sites is 2. The summed E-state index contributed by atoms with van der Waals surface area (Å²) in [5, 5.41) is 2.17. The Labute approximate surface area is 162 Å². The second kappa shape index (κ2) is 8.22. The Morgan fingerprint density at radius 1 is 1.07 bits per heavy atom. The van der Waals surface area contributed by atoms with Gasteiger partial charge in [0.2, 0.25) is 15.9 Å². The Morgan fingerprint density at radius 3 is 2.21 bits per heavy atom. The molecule has 2 aromatic rings. The van der Waals surface area contributed by atoms with Gasteiger partial charge in [-0.1, -0.05) is 44.2 Å². The van der Waals surface area contributed by atoms with Crippen molar-refractivity contribution >= 4 is 27.3 Å². The van der Waals surface area contributed by atoms with Crippen LogP contribution in [0, 0.1) is 0 Å². The Hall–Kier alpha value is -2.55. The fourth-order valence-electron chi connectivity index (χ4n) is 2.74. The first-order valence-corrected chi connectivity index (χ1v) is 10.3. The van der Waals surface area contributed by atoms with E-state index in [4.69, 9.17) is 0 Å².